The van der Waals surface area contributed by atoms with Crippen LogP contribution in [0.2, 0.25) is 0 Å². The molecular formula is C22H26N4O6. The number of piperidine rings is 2. The quantitative estimate of drug-likeness (QED) is 0.558. The molecule has 2 unspecified atom stereocenters. The molecular weight excluding hydrogens is 416 g/mol. The number of rotatable bonds is 4. The molecule has 4 heterocycles. The lowest BCUT2D eigenvalue weighted by molar-refractivity contribution is -0.203. The zero-order chi connectivity index (χ0) is 22.3. The van der Waals surface area contributed by atoms with Crippen molar-refractivity contribution in [3.05, 3.63) is 29.3 Å². The van der Waals surface area contributed by atoms with Crippen molar-refractivity contribution in [1.82, 2.24) is 15.5 Å². The summed E-state index contributed by atoms with van der Waals surface area (Å²) in [6.45, 7) is 3.43. The fraction of sp³-hybridized carbons (Fsp3) is 0.545. The molecule has 3 saturated heterocycles. The summed E-state index contributed by atoms with van der Waals surface area (Å²) in [4.78, 5) is 50.3. The largest absolute Gasteiger partial charge is 0.382 e. The minimum Gasteiger partial charge on any atom is -0.382 e. The van der Waals surface area contributed by atoms with E-state index in [1.54, 1.807) is 18.2 Å². The molecule has 0 saturated carbocycles. The summed E-state index contributed by atoms with van der Waals surface area (Å²) in [7, 11) is 0. The highest BCUT2D eigenvalue weighted by Crippen LogP contribution is 2.31. The number of imide groups is 2. The molecule has 4 amide bonds. The lowest BCUT2D eigenvalue weighted by Crippen LogP contribution is -2.54. The molecule has 1 aromatic rings. The van der Waals surface area contributed by atoms with Crippen LogP contribution < -0.4 is 16.0 Å². The summed E-state index contributed by atoms with van der Waals surface area (Å²) in [5.74, 6) is -2.04. The number of hydrogen-bond donors (Lipinski definition) is 3. The second kappa shape index (κ2) is 8.27. The van der Waals surface area contributed by atoms with Gasteiger partial charge in [0.15, 0.2) is 0 Å². The first-order valence-corrected chi connectivity index (χ1v) is 11.0. The topological polar surface area (TPSA) is 126 Å². The van der Waals surface area contributed by atoms with Gasteiger partial charge in [0.25, 0.3) is 11.8 Å². The molecule has 0 aromatic heterocycles. The van der Waals surface area contributed by atoms with E-state index in [2.05, 4.69) is 16.0 Å². The minimum absolute atomic E-state index is 0.0949. The number of carbonyl (C=O) groups is 4. The van der Waals surface area contributed by atoms with Gasteiger partial charge in [0, 0.05) is 18.7 Å². The van der Waals surface area contributed by atoms with E-state index in [4.69, 9.17) is 9.47 Å². The van der Waals surface area contributed by atoms with Crippen LogP contribution in [0.5, 0.6) is 0 Å². The number of carbonyl (C=O) groups excluding carboxylic acids is 4. The summed E-state index contributed by atoms with van der Waals surface area (Å²) in [6, 6.07) is 3.99. The maximum atomic E-state index is 13.0. The van der Waals surface area contributed by atoms with Crippen molar-refractivity contribution in [2.75, 3.05) is 38.2 Å². The normalized spacial score (nSPS) is 27.4. The Bertz CT molecular complexity index is 968. The van der Waals surface area contributed by atoms with Crippen molar-refractivity contribution >= 4 is 29.3 Å². The van der Waals surface area contributed by atoms with Crippen molar-refractivity contribution < 1.29 is 28.7 Å². The molecule has 3 fully saturated rings. The predicted octanol–water partition coefficient (Wildman–Crippen LogP) is 0.0373. The van der Waals surface area contributed by atoms with Gasteiger partial charge < -0.3 is 20.1 Å². The van der Waals surface area contributed by atoms with Crippen molar-refractivity contribution in [2.24, 2.45) is 0 Å². The number of nitrogens with one attached hydrogen (secondary N) is 3. The van der Waals surface area contributed by atoms with Crippen LogP contribution in [0.3, 0.4) is 0 Å². The van der Waals surface area contributed by atoms with E-state index in [0.29, 0.717) is 25.4 Å². The number of ether oxygens (including phenoxy) is 2. The van der Waals surface area contributed by atoms with Gasteiger partial charge in [-0.25, -0.2) is 0 Å². The van der Waals surface area contributed by atoms with Gasteiger partial charge in [-0.15, -0.1) is 0 Å². The molecule has 1 aromatic carbocycles. The van der Waals surface area contributed by atoms with E-state index in [-0.39, 0.29) is 35.7 Å². The van der Waals surface area contributed by atoms with Crippen LogP contribution in [-0.2, 0) is 19.1 Å². The molecule has 0 bridgehead atoms. The highest BCUT2D eigenvalue weighted by molar-refractivity contribution is 6.23. The minimum atomic E-state index is -0.967. The maximum absolute atomic E-state index is 13.0. The third-order valence-corrected chi connectivity index (χ3v) is 6.57. The number of amides is 4. The smallest absolute Gasteiger partial charge is 0.262 e. The van der Waals surface area contributed by atoms with Crippen molar-refractivity contribution in [1.29, 1.82) is 0 Å². The third kappa shape index (κ3) is 3.78. The van der Waals surface area contributed by atoms with Crippen LogP contribution in [0.1, 0.15) is 46.4 Å². The zero-order valence-corrected chi connectivity index (χ0v) is 17.6. The van der Waals surface area contributed by atoms with Crippen LogP contribution in [0.15, 0.2) is 18.2 Å². The zero-order valence-electron chi connectivity index (χ0n) is 17.6. The van der Waals surface area contributed by atoms with Crippen LogP contribution >= 0.6 is 0 Å². The van der Waals surface area contributed by atoms with Gasteiger partial charge in [0.1, 0.15) is 6.04 Å². The van der Waals surface area contributed by atoms with E-state index >= 15 is 0 Å². The molecule has 4 aliphatic rings. The van der Waals surface area contributed by atoms with Crippen LogP contribution in [0, 0.1) is 0 Å². The summed E-state index contributed by atoms with van der Waals surface area (Å²) in [5.41, 5.74) is 0.957. The predicted molar refractivity (Wildman–Crippen MR) is 112 cm³/mol. The standard InChI is InChI=1S/C22H26N4O6/c27-18-4-3-17(19(28)25-18)26-20(29)15-2-1-13(9-16(15)21(26)30)24-10-14-11-31-12-22(32-14)5-7-23-8-6-22/h1-2,9,14,17,23-24H,3-8,10-12H2,(H,25,27,28). The Hall–Kier alpha value is -2.82. The van der Waals surface area contributed by atoms with Crippen molar-refractivity contribution in [3.63, 3.8) is 0 Å². The number of anilines is 1. The van der Waals surface area contributed by atoms with Crippen LogP contribution in [0.4, 0.5) is 5.69 Å². The Morgan fingerprint density at radius 2 is 1.88 bits per heavy atom. The second-order valence-corrected chi connectivity index (χ2v) is 8.78. The highest BCUT2D eigenvalue weighted by atomic mass is 16.6. The van der Waals surface area contributed by atoms with Crippen molar-refractivity contribution in [2.45, 2.75) is 43.4 Å². The van der Waals surface area contributed by atoms with E-state index in [1.807, 2.05) is 0 Å². The van der Waals surface area contributed by atoms with Gasteiger partial charge in [0.05, 0.1) is 36.0 Å². The molecule has 0 radical (unpaired) electrons. The molecule has 2 atom stereocenters. The van der Waals surface area contributed by atoms with Gasteiger partial charge >= 0.3 is 0 Å². The summed E-state index contributed by atoms with van der Waals surface area (Å²) >= 11 is 0. The number of fused-ring (bicyclic) bond motifs is 1. The van der Waals surface area contributed by atoms with Gasteiger partial charge in [-0.05, 0) is 50.6 Å². The Balaban J connectivity index is 1.26. The molecule has 5 rings (SSSR count). The Kier molecular flexibility index (Phi) is 5.44. The Morgan fingerprint density at radius 1 is 1.09 bits per heavy atom. The average Bonchev–Trinajstić information content (AvgIpc) is 3.03. The first-order valence-electron chi connectivity index (χ1n) is 11.0. The molecule has 10 heteroatoms. The maximum Gasteiger partial charge on any atom is 0.262 e. The van der Waals surface area contributed by atoms with E-state index in [0.717, 1.165) is 30.8 Å². The molecule has 170 valence electrons. The highest BCUT2D eigenvalue weighted by Gasteiger charge is 2.44. The lowest BCUT2D eigenvalue weighted by atomic mass is 9.92. The molecule has 32 heavy (non-hydrogen) atoms. The summed E-state index contributed by atoms with van der Waals surface area (Å²) < 4.78 is 12.2. The molecule has 3 N–H and O–H groups in total. The van der Waals surface area contributed by atoms with Gasteiger partial charge in [-0.2, -0.15) is 0 Å². The number of benzene rings is 1. The molecule has 1 spiro atoms. The van der Waals surface area contributed by atoms with Gasteiger partial charge in [0.2, 0.25) is 11.8 Å². The van der Waals surface area contributed by atoms with E-state index in [9.17, 15) is 19.2 Å². The monoisotopic (exact) mass is 442 g/mol. The first-order chi connectivity index (χ1) is 15.5. The molecule has 4 aliphatic heterocycles. The Labute approximate surface area is 185 Å². The van der Waals surface area contributed by atoms with Crippen LogP contribution in [0.25, 0.3) is 0 Å². The van der Waals surface area contributed by atoms with Gasteiger partial charge in [-0.1, -0.05) is 0 Å². The summed E-state index contributed by atoms with van der Waals surface area (Å²) in [5, 5.41) is 8.82. The number of nitrogens with zero attached hydrogens (tertiary/aromatic N) is 1. The Morgan fingerprint density at radius 3 is 2.66 bits per heavy atom. The van der Waals surface area contributed by atoms with E-state index in [1.165, 1.54) is 0 Å². The third-order valence-electron chi connectivity index (χ3n) is 6.57. The summed E-state index contributed by atoms with van der Waals surface area (Å²) in [6.07, 6.45) is 1.94. The lowest BCUT2D eigenvalue weighted by Gasteiger charge is -2.43. The fourth-order valence-electron chi connectivity index (χ4n) is 4.86. The first kappa shape index (κ1) is 21.0. The second-order valence-electron chi connectivity index (χ2n) is 8.78. The van der Waals surface area contributed by atoms with E-state index < -0.39 is 29.7 Å². The van der Waals surface area contributed by atoms with Crippen LogP contribution in [-0.4, -0.2) is 79.1 Å². The SMILES string of the molecule is O=C1CCC(N2C(=O)c3ccc(NCC4COCC5(CCNCC5)O4)cc3C2=O)C(=O)N1. The van der Waals surface area contributed by atoms with Gasteiger partial charge in [-0.3, -0.25) is 29.4 Å². The fourth-order valence-corrected chi connectivity index (χ4v) is 4.86. The number of hydrogen-bond acceptors (Lipinski definition) is 8. The molecule has 10 nitrogen and oxygen atoms in total. The van der Waals surface area contributed by atoms with Crippen molar-refractivity contribution in [3.8, 4) is 0 Å². The molecule has 0 aliphatic carbocycles. The average molecular weight is 442 g/mol.